The summed E-state index contributed by atoms with van der Waals surface area (Å²) >= 11 is 0. The molecule has 0 radical (unpaired) electrons. The van der Waals surface area contributed by atoms with Gasteiger partial charge in [0.1, 0.15) is 0 Å². The topological polar surface area (TPSA) is 111 Å². The Bertz CT molecular complexity index is 617. The van der Waals surface area contributed by atoms with Gasteiger partial charge in [-0.2, -0.15) is 0 Å². The van der Waals surface area contributed by atoms with Crippen molar-refractivity contribution >= 4 is 23.3 Å². The molecule has 0 aliphatic heterocycles. The average Bonchev–Trinajstić information content (AvgIpc) is 2.53. The number of nitrogens with one attached hydrogen (secondary N) is 1. The minimum Gasteiger partial charge on any atom is -0.449 e. The monoisotopic (exact) mass is 339 g/mol. The molecule has 1 aromatic rings. The van der Waals surface area contributed by atoms with Crippen LogP contribution in [-0.4, -0.2) is 57.3 Å². The van der Waals surface area contributed by atoms with E-state index in [0.29, 0.717) is 12.3 Å². The Balaban J connectivity index is 2.91. The van der Waals surface area contributed by atoms with Crippen LogP contribution in [0.3, 0.4) is 0 Å². The van der Waals surface area contributed by atoms with Crippen molar-refractivity contribution in [2.75, 3.05) is 39.3 Å². The fraction of sp³-hybridized carbons (Fsp3) is 0.467. The van der Waals surface area contributed by atoms with E-state index in [1.165, 1.54) is 26.2 Å². The number of nitrogens with zero attached hydrogens (tertiary/aromatic N) is 2. The maximum atomic E-state index is 12.3. The second-order valence-corrected chi connectivity index (χ2v) is 5.18. The average molecular weight is 339 g/mol. The summed E-state index contributed by atoms with van der Waals surface area (Å²) in [6.07, 6.45) is -1.04. The van der Waals surface area contributed by atoms with Crippen molar-refractivity contribution in [3.63, 3.8) is 0 Å². The molecule has 1 N–H and O–H groups in total. The molecule has 0 heterocycles. The lowest BCUT2D eigenvalue weighted by atomic mass is 10.1. The molecular weight excluding hydrogens is 318 g/mol. The minimum absolute atomic E-state index is 0.0192. The smallest absolute Gasteiger partial charge is 0.341 e. The van der Waals surface area contributed by atoms with Gasteiger partial charge in [-0.05, 0) is 13.0 Å². The normalized spacial score (nSPS) is 11.5. The maximum absolute atomic E-state index is 12.3. The van der Waals surface area contributed by atoms with E-state index in [2.05, 4.69) is 5.32 Å². The fourth-order valence-electron chi connectivity index (χ4n) is 1.89. The molecule has 0 aromatic heterocycles. The van der Waals surface area contributed by atoms with E-state index in [1.54, 1.807) is 19.0 Å². The molecule has 0 fully saturated rings. The van der Waals surface area contributed by atoms with Crippen molar-refractivity contribution in [1.82, 2.24) is 5.32 Å². The third kappa shape index (κ3) is 5.20. The van der Waals surface area contributed by atoms with Crippen LogP contribution in [0.25, 0.3) is 0 Å². The van der Waals surface area contributed by atoms with Gasteiger partial charge in [-0.3, -0.25) is 14.9 Å². The molecule has 0 spiro atoms. The first-order chi connectivity index (χ1) is 11.3. The molecular formula is C15H21N3O6. The third-order valence-corrected chi connectivity index (χ3v) is 3.15. The number of carbonyl (C=O) groups excluding carboxylic acids is 2. The molecule has 1 atom stereocenters. The van der Waals surface area contributed by atoms with Crippen LogP contribution in [0.1, 0.15) is 17.3 Å². The number of carbonyl (C=O) groups is 2. The number of non-ortho nitro benzene ring substituents is 1. The first kappa shape index (κ1) is 19.4. The predicted octanol–water partition coefficient (Wildman–Crippen LogP) is 0.969. The highest BCUT2D eigenvalue weighted by Gasteiger charge is 2.23. The van der Waals surface area contributed by atoms with Crippen LogP contribution in [0.15, 0.2) is 18.2 Å². The summed E-state index contributed by atoms with van der Waals surface area (Å²) in [7, 11) is 4.89. The van der Waals surface area contributed by atoms with Crippen LogP contribution in [0, 0.1) is 10.1 Å². The zero-order valence-corrected chi connectivity index (χ0v) is 14.1. The number of nitro groups is 1. The number of methoxy groups -OCH3 is 1. The predicted molar refractivity (Wildman–Crippen MR) is 87.2 cm³/mol. The van der Waals surface area contributed by atoms with Crippen LogP contribution >= 0.6 is 0 Å². The molecule has 0 aliphatic rings. The van der Waals surface area contributed by atoms with E-state index >= 15 is 0 Å². The summed E-state index contributed by atoms with van der Waals surface area (Å²) in [5.41, 5.74) is 0.244. The van der Waals surface area contributed by atoms with Gasteiger partial charge >= 0.3 is 5.97 Å². The first-order valence-corrected chi connectivity index (χ1v) is 7.21. The minimum atomic E-state index is -1.04. The van der Waals surface area contributed by atoms with E-state index in [-0.39, 0.29) is 17.8 Å². The van der Waals surface area contributed by atoms with E-state index in [4.69, 9.17) is 9.47 Å². The van der Waals surface area contributed by atoms with Gasteiger partial charge in [0.25, 0.3) is 11.6 Å². The lowest BCUT2D eigenvalue weighted by Gasteiger charge is -2.18. The second-order valence-electron chi connectivity index (χ2n) is 5.18. The van der Waals surface area contributed by atoms with Gasteiger partial charge in [0.2, 0.25) is 0 Å². The summed E-state index contributed by atoms with van der Waals surface area (Å²) < 4.78 is 9.92. The molecule has 9 nitrogen and oxygen atoms in total. The summed E-state index contributed by atoms with van der Waals surface area (Å²) in [5.74, 6) is -1.28. The Kier molecular flexibility index (Phi) is 7.12. The highest BCUT2D eigenvalue weighted by Crippen LogP contribution is 2.25. The molecule has 0 unspecified atom stereocenters. The van der Waals surface area contributed by atoms with Crippen LogP contribution in [0.4, 0.5) is 11.4 Å². The van der Waals surface area contributed by atoms with E-state index in [9.17, 15) is 19.7 Å². The van der Waals surface area contributed by atoms with Gasteiger partial charge in [-0.25, -0.2) is 4.79 Å². The molecule has 132 valence electrons. The van der Waals surface area contributed by atoms with Crippen molar-refractivity contribution in [1.29, 1.82) is 0 Å². The molecule has 0 saturated carbocycles. The summed E-state index contributed by atoms with van der Waals surface area (Å²) in [5, 5.41) is 13.4. The van der Waals surface area contributed by atoms with E-state index in [0.717, 1.165) is 6.07 Å². The number of ether oxygens (including phenoxy) is 2. The Labute approximate surface area is 139 Å². The zero-order valence-electron chi connectivity index (χ0n) is 14.1. The molecule has 1 amide bonds. The molecule has 24 heavy (non-hydrogen) atoms. The summed E-state index contributed by atoms with van der Waals surface area (Å²) in [4.78, 5) is 36.1. The van der Waals surface area contributed by atoms with Crippen molar-refractivity contribution < 1.29 is 24.0 Å². The van der Waals surface area contributed by atoms with Crippen LogP contribution < -0.4 is 10.2 Å². The Morgan fingerprint density at radius 1 is 1.38 bits per heavy atom. The number of anilines is 1. The Hall–Kier alpha value is -2.68. The first-order valence-electron chi connectivity index (χ1n) is 7.21. The van der Waals surface area contributed by atoms with Crippen molar-refractivity contribution in [3.8, 4) is 0 Å². The van der Waals surface area contributed by atoms with Gasteiger partial charge < -0.3 is 19.7 Å². The number of hydrogen-bond donors (Lipinski definition) is 1. The van der Waals surface area contributed by atoms with Crippen molar-refractivity contribution in [2.24, 2.45) is 0 Å². The molecule has 9 heteroatoms. The zero-order chi connectivity index (χ0) is 18.3. The van der Waals surface area contributed by atoms with Crippen LogP contribution in [0.2, 0.25) is 0 Å². The van der Waals surface area contributed by atoms with Gasteiger partial charge in [-0.15, -0.1) is 0 Å². The Morgan fingerprint density at radius 2 is 2.04 bits per heavy atom. The van der Waals surface area contributed by atoms with Gasteiger partial charge in [-0.1, -0.05) is 0 Å². The lowest BCUT2D eigenvalue weighted by molar-refractivity contribution is -0.384. The highest BCUT2D eigenvalue weighted by atomic mass is 16.6. The molecule has 1 rings (SSSR count). The van der Waals surface area contributed by atoms with Crippen molar-refractivity contribution in [2.45, 2.75) is 13.0 Å². The van der Waals surface area contributed by atoms with E-state index < -0.39 is 22.9 Å². The molecule has 0 aliphatic carbocycles. The Morgan fingerprint density at radius 3 is 2.58 bits per heavy atom. The van der Waals surface area contributed by atoms with Gasteiger partial charge in [0.15, 0.2) is 6.10 Å². The second kappa shape index (κ2) is 8.82. The fourth-order valence-corrected chi connectivity index (χ4v) is 1.89. The quantitative estimate of drug-likeness (QED) is 0.325. The van der Waals surface area contributed by atoms with Gasteiger partial charge in [0.05, 0.1) is 22.8 Å². The van der Waals surface area contributed by atoms with E-state index in [1.807, 2.05) is 0 Å². The number of esters is 1. The summed E-state index contributed by atoms with van der Waals surface area (Å²) in [6.45, 7) is 2.05. The van der Waals surface area contributed by atoms with Crippen molar-refractivity contribution in [3.05, 3.63) is 33.9 Å². The lowest BCUT2D eigenvalue weighted by Crippen LogP contribution is -2.37. The largest absolute Gasteiger partial charge is 0.449 e. The molecule has 0 saturated heterocycles. The maximum Gasteiger partial charge on any atom is 0.341 e. The third-order valence-electron chi connectivity index (χ3n) is 3.15. The number of hydrogen-bond acceptors (Lipinski definition) is 7. The van der Waals surface area contributed by atoms with Crippen LogP contribution in [0.5, 0.6) is 0 Å². The number of benzene rings is 1. The van der Waals surface area contributed by atoms with Crippen LogP contribution in [-0.2, 0) is 14.3 Å². The van der Waals surface area contributed by atoms with Gasteiger partial charge in [0, 0.05) is 39.9 Å². The molecule has 1 aromatic carbocycles. The number of rotatable bonds is 8. The number of nitro benzene ring substituents is 1. The SMILES string of the molecule is COCCNC(=O)[C@H](C)OC(=O)c1cc([N+](=O)[O-])ccc1N(C)C. The highest BCUT2D eigenvalue weighted by molar-refractivity contribution is 5.98. The standard InChI is InChI=1S/C15H21N3O6/c1-10(14(19)16-7-8-23-4)24-15(20)12-9-11(18(21)22)5-6-13(12)17(2)3/h5-6,9-10H,7-8H2,1-4H3,(H,16,19)/t10-/m0/s1. The summed E-state index contributed by atoms with van der Waals surface area (Å²) in [6, 6.07) is 3.89. The number of amides is 1. The molecule has 0 bridgehead atoms.